The minimum Gasteiger partial charge on any atom is -0.389 e. The molecule has 2 aromatic rings. The van der Waals surface area contributed by atoms with Gasteiger partial charge in [-0.1, -0.05) is 35.4 Å². The van der Waals surface area contributed by atoms with Gasteiger partial charge in [-0.05, 0) is 18.2 Å². The van der Waals surface area contributed by atoms with E-state index >= 15 is 0 Å². The van der Waals surface area contributed by atoms with Gasteiger partial charge in [-0.2, -0.15) is 5.10 Å². The highest BCUT2D eigenvalue weighted by molar-refractivity contribution is 7.80. The molecule has 0 spiro atoms. The van der Waals surface area contributed by atoms with E-state index in [9.17, 15) is 4.79 Å². The van der Waals surface area contributed by atoms with E-state index in [1.807, 2.05) is 0 Å². The maximum Gasteiger partial charge on any atom is 0.324 e. The molecule has 0 saturated heterocycles. The molecule has 0 atom stereocenters. The predicted octanol–water partition coefficient (Wildman–Crippen LogP) is 2.99. The summed E-state index contributed by atoms with van der Waals surface area (Å²) in [4.78, 5) is 12.0. The number of benzene rings is 1. The number of carbonyl (C=O) groups is 1. The lowest BCUT2D eigenvalue weighted by Gasteiger charge is -2.08. The van der Waals surface area contributed by atoms with Crippen molar-refractivity contribution in [3.63, 3.8) is 0 Å². The van der Waals surface area contributed by atoms with Gasteiger partial charge in [0, 0.05) is 15.7 Å². The molecule has 0 aliphatic rings. The second kappa shape index (κ2) is 6.08. The van der Waals surface area contributed by atoms with E-state index in [-0.39, 0.29) is 4.99 Å². The fraction of sp³-hybridized carbons (Fsp3) is 0. The standard InChI is InChI=1S/C11H9Cl2N5OS/c12-5-1-6(13)3-7(2-5)16-11(19)17-10-8(9(14)20)4-15-18-10/h1-4H,(H2,14,20)(H3,15,16,17,18,19). The lowest BCUT2D eigenvalue weighted by molar-refractivity contribution is 0.262. The second-order valence-corrected chi connectivity index (χ2v) is 5.07. The quantitative estimate of drug-likeness (QED) is 0.651. The average molecular weight is 330 g/mol. The fourth-order valence-electron chi connectivity index (χ4n) is 1.47. The van der Waals surface area contributed by atoms with Crippen molar-refractivity contribution < 1.29 is 4.79 Å². The number of hydrogen-bond acceptors (Lipinski definition) is 3. The molecule has 1 heterocycles. The first-order chi connectivity index (χ1) is 9.45. The number of aromatic nitrogens is 2. The van der Waals surface area contributed by atoms with Crippen molar-refractivity contribution in [1.82, 2.24) is 10.2 Å². The van der Waals surface area contributed by atoms with E-state index in [1.165, 1.54) is 6.20 Å². The summed E-state index contributed by atoms with van der Waals surface area (Å²) in [6.07, 6.45) is 1.42. The van der Waals surface area contributed by atoms with Crippen LogP contribution in [-0.4, -0.2) is 21.2 Å². The SMILES string of the molecule is NC(=S)c1cn[nH]c1NC(=O)Nc1cc(Cl)cc(Cl)c1. The number of nitrogens with zero attached hydrogens (tertiary/aromatic N) is 1. The van der Waals surface area contributed by atoms with E-state index in [0.29, 0.717) is 27.1 Å². The highest BCUT2D eigenvalue weighted by Crippen LogP contribution is 2.22. The van der Waals surface area contributed by atoms with Crippen LogP contribution in [0.3, 0.4) is 0 Å². The molecular weight excluding hydrogens is 321 g/mol. The topological polar surface area (TPSA) is 95.8 Å². The molecule has 0 unspecified atom stereocenters. The fourth-order valence-corrected chi connectivity index (χ4v) is 2.15. The largest absolute Gasteiger partial charge is 0.389 e. The number of carbonyl (C=O) groups excluding carboxylic acids is 1. The van der Waals surface area contributed by atoms with Crippen LogP contribution in [0, 0.1) is 0 Å². The number of hydrogen-bond donors (Lipinski definition) is 4. The Labute approximate surface area is 129 Å². The van der Waals surface area contributed by atoms with Crippen LogP contribution in [0.25, 0.3) is 0 Å². The van der Waals surface area contributed by atoms with Crippen LogP contribution < -0.4 is 16.4 Å². The van der Waals surface area contributed by atoms with E-state index in [2.05, 4.69) is 20.8 Å². The number of nitrogens with one attached hydrogen (secondary N) is 3. The summed E-state index contributed by atoms with van der Waals surface area (Å²) >= 11 is 16.5. The molecule has 5 N–H and O–H groups in total. The van der Waals surface area contributed by atoms with Crippen LogP contribution in [0.1, 0.15) is 5.56 Å². The number of halogens is 2. The third-order valence-electron chi connectivity index (χ3n) is 2.26. The van der Waals surface area contributed by atoms with Crippen molar-refractivity contribution in [2.45, 2.75) is 0 Å². The van der Waals surface area contributed by atoms with E-state index in [4.69, 9.17) is 41.2 Å². The van der Waals surface area contributed by atoms with Crippen LogP contribution in [0.5, 0.6) is 0 Å². The molecule has 20 heavy (non-hydrogen) atoms. The Morgan fingerprint density at radius 3 is 2.50 bits per heavy atom. The molecule has 6 nitrogen and oxygen atoms in total. The summed E-state index contributed by atoms with van der Waals surface area (Å²) in [5, 5.41) is 12.3. The summed E-state index contributed by atoms with van der Waals surface area (Å²) in [6, 6.07) is 4.18. The number of urea groups is 1. The lowest BCUT2D eigenvalue weighted by Crippen LogP contribution is -2.22. The number of amides is 2. The molecule has 0 fully saturated rings. The van der Waals surface area contributed by atoms with Crippen LogP contribution >= 0.6 is 35.4 Å². The molecule has 0 saturated carbocycles. The van der Waals surface area contributed by atoms with Gasteiger partial charge in [0.2, 0.25) is 0 Å². The zero-order valence-electron chi connectivity index (χ0n) is 9.91. The van der Waals surface area contributed by atoms with E-state index in [1.54, 1.807) is 18.2 Å². The van der Waals surface area contributed by atoms with Gasteiger partial charge in [0.15, 0.2) is 0 Å². The van der Waals surface area contributed by atoms with Crippen molar-refractivity contribution in [2.24, 2.45) is 5.73 Å². The first kappa shape index (κ1) is 14.6. The Hall–Kier alpha value is -1.83. The molecule has 0 radical (unpaired) electrons. The van der Waals surface area contributed by atoms with Crippen LogP contribution in [-0.2, 0) is 0 Å². The first-order valence-electron chi connectivity index (χ1n) is 5.33. The van der Waals surface area contributed by atoms with Crippen LogP contribution in [0.2, 0.25) is 10.0 Å². The van der Waals surface area contributed by atoms with Crippen LogP contribution in [0.15, 0.2) is 24.4 Å². The Bertz CT molecular complexity index is 652. The van der Waals surface area contributed by atoms with Crippen molar-refractivity contribution in [3.05, 3.63) is 40.0 Å². The Morgan fingerprint density at radius 2 is 1.90 bits per heavy atom. The van der Waals surface area contributed by atoms with Crippen molar-refractivity contribution in [3.8, 4) is 0 Å². The van der Waals surface area contributed by atoms with Gasteiger partial charge in [0.1, 0.15) is 10.8 Å². The summed E-state index contributed by atoms with van der Waals surface area (Å²) < 4.78 is 0. The van der Waals surface area contributed by atoms with Gasteiger partial charge in [0.05, 0.1) is 11.8 Å². The summed E-state index contributed by atoms with van der Waals surface area (Å²) in [6.45, 7) is 0. The average Bonchev–Trinajstić information content (AvgIpc) is 2.75. The number of nitrogens with two attached hydrogens (primary N) is 1. The smallest absolute Gasteiger partial charge is 0.324 e. The monoisotopic (exact) mass is 329 g/mol. The van der Waals surface area contributed by atoms with Crippen LogP contribution in [0.4, 0.5) is 16.3 Å². The molecule has 0 bridgehead atoms. The maximum absolute atomic E-state index is 11.8. The number of aromatic amines is 1. The van der Waals surface area contributed by atoms with Gasteiger partial charge in [-0.3, -0.25) is 10.4 Å². The summed E-state index contributed by atoms with van der Waals surface area (Å²) in [5.41, 5.74) is 6.39. The normalized spacial score (nSPS) is 10.1. The zero-order valence-corrected chi connectivity index (χ0v) is 12.2. The third kappa shape index (κ3) is 3.60. The Kier molecular flexibility index (Phi) is 4.43. The van der Waals surface area contributed by atoms with E-state index in [0.717, 1.165) is 0 Å². The summed E-state index contributed by atoms with van der Waals surface area (Å²) in [5.74, 6) is 0.308. The molecule has 9 heteroatoms. The predicted molar refractivity (Wildman–Crippen MR) is 83.6 cm³/mol. The molecule has 0 aliphatic carbocycles. The minimum atomic E-state index is -0.509. The number of thiocarbonyl (C=S) groups is 1. The van der Waals surface area contributed by atoms with Crippen molar-refractivity contribution >= 4 is 57.9 Å². The molecule has 1 aromatic carbocycles. The van der Waals surface area contributed by atoms with E-state index < -0.39 is 6.03 Å². The molecule has 2 rings (SSSR count). The maximum atomic E-state index is 11.8. The third-order valence-corrected chi connectivity index (χ3v) is 2.92. The van der Waals surface area contributed by atoms with Gasteiger partial charge >= 0.3 is 6.03 Å². The van der Waals surface area contributed by atoms with Crippen molar-refractivity contribution in [1.29, 1.82) is 0 Å². The minimum absolute atomic E-state index is 0.125. The van der Waals surface area contributed by atoms with Crippen molar-refractivity contribution in [2.75, 3.05) is 10.6 Å². The van der Waals surface area contributed by atoms with Gasteiger partial charge in [-0.25, -0.2) is 4.79 Å². The molecule has 104 valence electrons. The summed E-state index contributed by atoms with van der Waals surface area (Å²) in [7, 11) is 0. The highest BCUT2D eigenvalue weighted by Gasteiger charge is 2.11. The second-order valence-electron chi connectivity index (χ2n) is 3.76. The lowest BCUT2D eigenvalue weighted by atomic mass is 10.3. The highest BCUT2D eigenvalue weighted by atomic mass is 35.5. The Morgan fingerprint density at radius 1 is 1.25 bits per heavy atom. The molecule has 2 amide bonds. The molecule has 1 aromatic heterocycles. The van der Waals surface area contributed by atoms with Gasteiger partial charge < -0.3 is 11.1 Å². The molecule has 0 aliphatic heterocycles. The first-order valence-corrected chi connectivity index (χ1v) is 6.49. The number of anilines is 2. The Balaban J connectivity index is 2.09. The zero-order chi connectivity index (χ0) is 14.7. The number of rotatable bonds is 3. The molecular formula is C11H9Cl2N5OS. The number of H-pyrrole nitrogens is 1. The van der Waals surface area contributed by atoms with Gasteiger partial charge in [0.25, 0.3) is 0 Å². The van der Waals surface area contributed by atoms with Gasteiger partial charge in [-0.15, -0.1) is 0 Å².